The van der Waals surface area contributed by atoms with Crippen LogP contribution >= 0.6 is 0 Å². The predicted octanol–water partition coefficient (Wildman–Crippen LogP) is 2.77. The fourth-order valence-electron chi connectivity index (χ4n) is 2.09. The maximum atomic E-state index is 13.1. The second kappa shape index (κ2) is 6.06. The van der Waals surface area contributed by atoms with Crippen LogP contribution in [0.4, 0.5) is 4.39 Å². The standard InChI is InChI=1S/C17H19FN2O/c1-17(2,16(19)21)20-15(12-6-4-3-5-7-12)13-8-10-14(18)11-9-13/h3-11,15,20H,1-2H3,(H2,19,21). The number of benzene rings is 2. The Morgan fingerprint density at radius 3 is 2.10 bits per heavy atom. The van der Waals surface area contributed by atoms with E-state index in [0.29, 0.717) is 0 Å². The highest BCUT2D eigenvalue weighted by molar-refractivity contribution is 5.83. The monoisotopic (exact) mass is 286 g/mol. The second-order valence-electron chi connectivity index (χ2n) is 5.53. The first kappa shape index (κ1) is 15.2. The van der Waals surface area contributed by atoms with E-state index in [0.717, 1.165) is 11.1 Å². The lowest BCUT2D eigenvalue weighted by molar-refractivity contribution is -0.123. The van der Waals surface area contributed by atoms with Gasteiger partial charge in [0, 0.05) is 0 Å². The maximum absolute atomic E-state index is 13.1. The summed E-state index contributed by atoms with van der Waals surface area (Å²) in [5.74, 6) is -0.731. The van der Waals surface area contributed by atoms with Crippen molar-refractivity contribution in [2.45, 2.75) is 25.4 Å². The topological polar surface area (TPSA) is 55.1 Å². The Balaban J connectivity index is 2.40. The van der Waals surface area contributed by atoms with Crippen LogP contribution in [-0.4, -0.2) is 11.4 Å². The summed E-state index contributed by atoms with van der Waals surface area (Å²) in [5.41, 5.74) is 6.41. The first-order chi connectivity index (χ1) is 9.90. The Labute approximate surface area is 124 Å². The lowest BCUT2D eigenvalue weighted by Gasteiger charge is -2.30. The molecule has 1 amide bonds. The van der Waals surface area contributed by atoms with E-state index in [1.54, 1.807) is 26.0 Å². The number of primary amides is 1. The van der Waals surface area contributed by atoms with Crippen molar-refractivity contribution in [1.82, 2.24) is 5.32 Å². The Bertz CT molecular complexity index is 608. The van der Waals surface area contributed by atoms with Gasteiger partial charge in [0.2, 0.25) is 5.91 Å². The van der Waals surface area contributed by atoms with E-state index in [4.69, 9.17) is 5.73 Å². The van der Waals surface area contributed by atoms with Crippen molar-refractivity contribution in [3.05, 3.63) is 71.5 Å². The van der Waals surface area contributed by atoms with Gasteiger partial charge in [0.1, 0.15) is 5.82 Å². The van der Waals surface area contributed by atoms with Crippen molar-refractivity contribution in [3.8, 4) is 0 Å². The van der Waals surface area contributed by atoms with Gasteiger partial charge in [-0.25, -0.2) is 4.39 Å². The molecule has 2 aromatic carbocycles. The van der Waals surface area contributed by atoms with Gasteiger partial charge in [-0.05, 0) is 37.1 Å². The number of halogens is 1. The van der Waals surface area contributed by atoms with Crippen LogP contribution in [0.25, 0.3) is 0 Å². The Morgan fingerprint density at radius 2 is 1.57 bits per heavy atom. The van der Waals surface area contributed by atoms with Crippen LogP contribution in [0.5, 0.6) is 0 Å². The van der Waals surface area contributed by atoms with Gasteiger partial charge in [0.05, 0.1) is 11.6 Å². The van der Waals surface area contributed by atoms with E-state index >= 15 is 0 Å². The highest BCUT2D eigenvalue weighted by Gasteiger charge is 2.29. The highest BCUT2D eigenvalue weighted by atomic mass is 19.1. The fraction of sp³-hybridized carbons (Fsp3) is 0.235. The van der Waals surface area contributed by atoms with E-state index in [2.05, 4.69) is 5.32 Å². The van der Waals surface area contributed by atoms with E-state index in [-0.39, 0.29) is 11.9 Å². The molecule has 2 rings (SSSR count). The maximum Gasteiger partial charge on any atom is 0.237 e. The molecular formula is C17H19FN2O. The molecule has 110 valence electrons. The zero-order valence-corrected chi connectivity index (χ0v) is 12.1. The van der Waals surface area contributed by atoms with Gasteiger partial charge in [-0.2, -0.15) is 0 Å². The summed E-state index contributed by atoms with van der Waals surface area (Å²) >= 11 is 0. The van der Waals surface area contributed by atoms with Gasteiger partial charge in [-0.3, -0.25) is 10.1 Å². The number of hydrogen-bond donors (Lipinski definition) is 2. The molecule has 0 bridgehead atoms. The zero-order valence-electron chi connectivity index (χ0n) is 12.1. The quantitative estimate of drug-likeness (QED) is 0.888. The number of hydrogen-bond acceptors (Lipinski definition) is 2. The highest BCUT2D eigenvalue weighted by Crippen LogP contribution is 2.25. The summed E-state index contributed by atoms with van der Waals surface area (Å²) in [6, 6.07) is 15.7. The summed E-state index contributed by atoms with van der Waals surface area (Å²) in [5, 5.41) is 3.25. The molecule has 1 atom stereocenters. The SMILES string of the molecule is CC(C)(NC(c1ccccc1)c1ccc(F)cc1)C(N)=O. The van der Waals surface area contributed by atoms with Crippen molar-refractivity contribution in [2.75, 3.05) is 0 Å². The molecule has 0 aromatic heterocycles. The average molecular weight is 286 g/mol. The van der Waals surface area contributed by atoms with Crippen LogP contribution < -0.4 is 11.1 Å². The summed E-state index contributed by atoms with van der Waals surface area (Å²) in [7, 11) is 0. The molecule has 4 heteroatoms. The molecule has 0 aliphatic rings. The molecule has 0 radical (unpaired) electrons. The molecule has 3 nitrogen and oxygen atoms in total. The van der Waals surface area contributed by atoms with Gasteiger partial charge in [-0.1, -0.05) is 42.5 Å². The van der Waals surface area contributed by atoms with Crippen LogP contribution in [-0.2, 0) is 4.79 Å². The van der Waals surface area contributed by atoms with Crippen molar-refractivity contribution in [3.63, 3.8) is 0 Å². The summed E-state index contributed by atoms with van der Waals surface area (Å²) in [6.45, 7) is 3.46. The van der Waals surface area contributed by atoms with E-state index in [9.17, 15) is 9.18 Å². The van der Waals surface area contributed by atoms with Crippen LogP contribution in [0.1, 0.15) is 31.0 Å². The van der Waals surface area contributed by atoms with Crippen molar-refractivity contribution in [2.24, 2.45) is 5.73 Å². The second-order valence-corrected chi connectivity index (χ2v) is 5.53. The van der Waals surface area contributed by atoms with Gasteiger partial charge >= 0.3 is 0 Å². The third kappa shape index (κ3) is 3.67. The van der Waals surface area contributed by atoms with E-state index in [1.165, 1.54) is 12.1 Å². The van der Waals surface area contributed by atoms with Crippen LogP contribution in [0, 0.1) is 5.82 Å². The largest absolute Gasteiger partial charge is 0.368 e. The van der Waals surface area contributed by atoms with Crippen molar-refractivity contribution >= 4 is 5.91 Å². The van der Waals surface area contributed by atoms with Gasteiger partial charge < -0.3 is 5.73 Å². The van der Waals surface area contributed by atoms with Crippen LogP contribution in [0.3, 0.4) is 0 Å². The fourth-order valence-corrected chi connectivity index (χ4v) is 2.09. The number of rotatable bonds is 5. The van der Waals surface area contributed by atoms with Crippen molar-refractivity contribution in [1.29, 1.82) is 0 Å². The lowest BCUT2D eigenvalue weighted by atomic mass is 9.94. The summed E-state index contributed by atoms with van der Waals surface area (Å²) < 4.78 is 13.1. The molecule has 0 aliphatic heterocycles. The number of nitrogens with two attached hydrogens (primary N) is 1. The van der Waals surface area contributed by atoms with E-state index in [1.807, 2.05) is 30.3 Å². The minimum absolute atomic E-state index is 0.241. The minimum Gasteiger partial charge on any atom is -0.368 e. The van der Waals surface area contributed by atoms with Gasteiger partial charge in [0.25, 0.3) is 0 Å². The molecule has 21 heavy (non-hydrogen) atoms. The molecule has 3 N–H and O–H groups in total. The molecule has 0 heterocycles. The number of amides is 1. The Morgan fingerprint density at radius 1 is 1.05 bits per heavy atom. The Kier molecular flexibility index (Phi) is 4.38. The predicted molar refractivity (Wildman–Crippen MR) is 81.1 cm³/mol. The number of carbonyl (C=O) groups excluding carboxylic acids is 1. The smallest absolute Gasteiger partial charge is 0.237 e. The third-order valence-electron chi connectivity index (χ3n) is 3.46. The molecule has 0 fully saturated rings. The molecule has 0 saturated heterocycles. The van der Waals surface area contributed by atoms with Gasteiger partial charge in [0.15, 0.2) is 0 Å². The lowest BCUT2D eigenvalue weighted by Crippen LogP contribution is -2.52. The minimum atomic E-state index is -0.880. The Hall–Kier alpha value is -2.20. The molecule has 0 aliphatic carbocycles. The average Bonchev–Trinajstić information content (AvgIpc) is 2.47. The third-order valence-corrected chi connectivity index (χ3v) is 3.46. The molecule has 0 spiro atoms. The van der Waals surface area contributed by atoms with Gasteiger partial charge in [-0.15, -0.1) is 0 Å². The molecule has 1 unspecified atom stereocenters. The molecule has 2 aromatic rings. The normalized spacial score (nSPS) is 12.9. The van der Waals surface area contributed by atoms with Crippen LogP contribution in [0.15, 0.2) is 54.6 Å². The van der Waals surface area contributed by atoms with E-state index < -0.39 is 11.4 Å². The summed E-state index contributed by atoms with van der Waals surface area (Å²) in [4.78, 5) is 11.6. The first-order valence-corrected chi connectivity index (χ1v) is 6.78. The molecule has 0 saturated carbocycles. The number of carbonyl (C=O) groups is 1. The number of nitrogens with one attached hydrogen (secondary N) is 1. The summed E-state index contributed by atoms with van der Waals surface area (Å²) in [6.07, 6.45) is 0. The zero-order chi connectivity index (χ0) is 15.5. The first-order valence-electron chi connectivity index (χ1n) is 6.78. The molecular weight excluding hydrogens is 267 g/mol. The van der Waals surface area contributed by atoms with Crippen LogP contribution in [0.2, 0.25) is 0 Å². The van der Waals surface area contributed by atoms with Crippen molar-refractivity contribution < 1.29 is 9.18 Å².